The molecule has 1 fully saturated rings. The highest BCUT2D eigenvalue weighted by Crippen LogP contribution is 2.21. The number of ether oxygens (including phenoxy) is 1. The first-order valence-electron chi connectivity index (χ1n) is 7.21. The summed E-state index contributed by atoms with van der Waals surface area (Å²) in [4.78, 5) is 25.7. The predicted octanol–water partition coefficient (Wildman–Crippen LogP) is 0.551. The number of carbonyl (C=O) groups excluding carboxylic acids is 2. The highest BCUT2D eigenvalue weighted by molar-refractivity contribution is 5.97. The van der Waals surface area contributed by atoms with Crippen LogP contribution in [0.4, 0.5) is 4.79 Å². The Balaban J connectivity index is 2.06. The number of nitrogens with zero attached hydrogens (tertiary/aromatic N) is 1. The van der Waals surface area contributed by atoms with E-state index in [-0.39, 0.29) is 35.4 Å². The third-order valence-corrected chi connectivity index (χ3v) is 3.64. The van der Waals surface area contributed by atoms with E-state index < -0.39 is 0 Å². The van der Waals surface area contributed by atoms with Crippen molar-refractivity contribution in [2.24, 2.45) is 0 Å². The standard InChI is InChI=1S/C15H21N3O4/c1-3-16-15(21)17-11-8-18(9-13(11)22-2)14(20)10-6-4-5-7-12(10)19/h4-7,11,13,19H,3,8-9H2,1-2H3,(H2,16,17,21)/t11-,13-/m0/s1. The number of carbonyl (C=O) groups is 2. The van der Waals surface area contributed by atoms with Gasteiger partial charge in [-0.15, -0.1) is 0 Å². The molecular formula is C15H21N3O4. The van der Waals surface area contributed by atoms with Crippen LogP contribution in [-0.4, -0.2) is 60.8 Å². The normalized spacial score (nSPS) is 20.7. The fourth-order valence-electron chi connectivity index (χ4n) is 2.52. The van der Waals surface area contributed by atoms with Gasteiger partial charge in [-0.2, -0.15) is 0 Å². The second kappa shape index (κ2) is 7.13. The summed E-state index contributed by atoms with van der Waals surface area (Å²) in [7, 11) is 1.55. The van der Waals surface area contributed by atoms with Gasteiger partial charge < -0.3 is 25.4 Å². The van der Waals surface area contributed by atoms with Crippen LogP contribution in [0.25, 0.3) is 0 Å². The van der Waals surface area contributed by atoms with Crippen molar-refractivity contribution in [2.75, 3.05) is 26.7 Å². The van der Waals surface area contributed by atoms with Gasteiger partial charge in [0.2, 0.25) is 0 Å². The third-order valence-electron chi connectivity index (χ3n) is 3.64. The molecule has 0 saturated carbocycles. The maximum absolute atomic E-state index is 12.5. The van der Waals surface area contributed by atoms with E-state index in [1.54, 1.807) is 30.2 Å². The van der Waals surface area contributed by atoms with Gasteiger partial charge in [0.1, 0.15) is 5.75 Å². The molecule has 0 spiro atoms. The second-order valence-corrected chi connectivity index (χ2v) is 5.11. The Kier molecular flexibility index (Phi) is 5.21. The van der Waals surface area contributed by atoms with Crippen molar-refractivity contribution in [3.8, 4) is 5.75 Å². The summed E-state index contributed by atoms with van der Waals surface area (Å²) in [5.74, 6) is -0.332. The largest absolute Gasteiger partial charge is 0.507 e. The zero-order chi connectivity index (χ0) is 16.1. The SMILES string of the molecule is CCNC(=O)N[C@H]1CN(C(=O)c2ccccc2O)C[C@@H]1OC. The quantitative estimate of drug-likeness (QED) is 0.757. The van der Waals surface area contributed by atoms with Crippen LogP contribution in [0, 0.1) is 0 Å². The van der Waals surface area contributed by atoms with Crippen LogP contribution in [0.5, 0.6) is 5.75 Å². The maximum Gasteiger partial charge on any atom is 0.315 e. The summed E-state index contributed by atoms with van der Waals surface area (Å²) in [6.07, 6.45) is -0.280. The van der Waals surface area contributed by atoms with E-state index in [1.165, 1.54) is 6.07 Å². The number of amides is 3. The number of phenolic OH excluding ortho intramolecular Hbond substituents is 1. The van der Waals surface area contributed by atoms with Crippen molar-refractivity contribution in [3.05, 3.63) is 29.8 Å². The van der Waals surface area contributed by atoms with E-state index in [2.05, 4.69) is 10.6 Å². The molecule has 0 bridgehead atoms. The van der Waals surface area contributed by atoms with Crippen LogP contribution < -0.4 is 10.6 Å². The Morgan fingerprint density at radius 2 is 2.09 bits per heavy atom. The van der Waals surface area contributed by atoms with Crippen LogP contribution in [0.15, 0.2) is 24.3 Å². The van der Waals surface area contributed by atoms with E-state index in [0.29, 0.717) is 19.6 Å². The van der Waals surface area contributed by atoms with E-state index in [1.807, 2.05) is 6.92 Å². The molecule has 7 heteroatoms. The summed E-state index contributed by atoms with van der Waals surface area (Å²) in [5, 5.41) is 15.2. The van der Waals surface area contributed by atoms with Gasteiger partial charge >= 0.3 is 6.03 Å². The Morgan fingerprint density at radius 3 is 2.73 bits per heavy atom. The highest BCUT2D eigenvalue weighted by atomic mass is 16.5. The molecule has 2 rings (SSSR count). The summed E-state index contributed by atoms with van der Waals surface area (Å²) in [6, 6.07) is 5.83. The number of aromatic hydroxyl groups is 1. The minimum Gasteiger partial charge on any atom is -0.507 e. The summed E-state index contributed by atoms with van der Waals surface area (Å²) in [5.41, 5.74) is 0.246. The van der Waals surface area contributed by atoms with Gasteiger partial charge in [-0.05, 0) is 19.1 Å². The third kappa shape index (κ3) is 3.48. The summed E-state index contributed by atoms with van der Waals surface area (Å²) < 4.78 is 5.35. The molecule has 1 saturated heterocycles. The molecule has 2 atom stereocenters. The second-order valence-electron chi connectivity index (χ2n) is 5.11. The molecule has 1 aromatic rings. The van der Waals surface area contributed by atoms with Gasteiger partial charge in [-0.3, -0.25) is 4.79 Å². The smallest absolute Gasteiger partial charge is 0.315 e. The Bertz CT molecular complexity index is 549. The zero-order valence-corrected chi connectivity index (χ0v) is 12.7. The molecule has 0 unspecified atom stereocenters. The number of para-hydroxylation sites is 1. The number of rotatable bonds is 4. The number of hydrogen-bond acceptors (Lipinski definition) is 4. The number of phenols is 1. The van der Waals surface area contributed by atoms with Gasteiger partial charge in [-0.1, -0.05) is 12.1 Å². The fraction of sp³-hybridized carbons (Fsp3) is 0.467. The molecule has 0 radical (unpaired) electrons. The van der Waals surface area contributed by atoms with E-state index in [4.69, 9.17) is 4.74 Å². The van der Waals surface area contributed by atoms with Crippen LogP contribution in [0.3, 0.4) is 0 Å². The highest BCUT2D eigenvalue weighted by Gasteiger charge is 2.37. The van der Waals surface area contributed by atoms with Crippen molar-refractivity contribution in [1.29, 1.82) is 0 Å². The molecule has 120 valence electrons. The Labute approximate surface area is 129 Å². The van der Waals surface area contributed by atoms with Crippen LogP contribution in [-0.2, 0) is 4.74 Å². The molecular weight excluding hydrogens is 286 g/mol. The van der Waals surface area contributed by atoms with Gasteiger partial charge in [0, 0.05) is 26.7 Å². The summed E-state index contributed by atoms with van der Waals surface area (Å²) in [6.45, 7) is 3.05. The van der Waals surface area contributed by atoms with Crippen molar-refractivity contribution < 1.29 is 19.4 Å². The van der Waals surface area contributed by atoms with Gasteiger partial charge in [-0.25, -0.2) is 4.79 Å². The Hall–Kier alpha value is -2.28. The first-order valence-corrected chi connectivity index (χ1v) is 7.21. The number of urea groups is 1. The van der Waals surface area contributed by atoms with Crippen molar-refractivity contribution in [2.45, 2.75) is 19.1 Å². The monoisotopic (exact) mass is 307 g/mol. The van der Waals surface area contributed by atoms with Crippen molar-refractivity contribution in [3.63, 3.8) is 0 Å². The topological polar surface area (TPSA) is 90.9 Å². The number of nitrogens with one attached hydrogen (secondary N) is 2. The molecule has 1 heterocycles. The van der Waals surface area contributed by atoms with Gasteiger partial charge in [0.05, 0.1) is 17.7 Å². The molecule has 1 aromatic carbocycles. The van der Waals surface area contributed by atoms with Crippen LogP contribution in [0.2, 0.25) is 0 Å². The maximum atomic E-state index is 12.5. The average Bonchev–Trinajstić information content (AvgIpc) is 2.90. The summed E-state index contributed by atoms with van der Waals surface area (Å²) >= 11 is 0. The fourth-order valence-corrected chi connectivity index (χ4v) is 2.52. The number of likely N-dealkylation sites (tertiary alicyclic amines) is 1. The Morgan fingerprint density at radius 1 is 1.36 bits per heavy atom. The molecule has 0 aliphatic carbocycles. The predicted molar refractivity (Wildman–Crippen MR) is 80.8 cm³/mol. The van der Waals surface area contributed by atoms with E-state index in [9.17, 15) is 14.7 Å². The molecule has 3 N–H and O–H groups in total. The molecule has 1 aliphatic rings. The first kappa shape index (κ1) is 16.1. The first-order chi connectivity index (χ1) is 10.6. The lowest BCUT2D eigenvalue weighted by Crippen LogP contribution is -2.48. The average molecular weight is 307 g/mol. The molecule has 22 heavy (non-hydrogen) atoms. The van der Waals surface area contributed by atoms with Crippen molar-refractivity contribution >= 4 is 11.9 Å². The molecule has 1 aliphatic heterocycles. The molecule has 3 amide bonds. The molecule has 0 aromatic heterocycles. The zero-order valence-electron chi connectivity index (χ0n) is 12.7. The molecule has 7 nitrogen and oxygen atoms in total. The lowest BCUT2D eigenvalue weighted by Gasteiger charge is -2.18. The number of hydrogen-bond donors (Lipinski definition) is 3. The van der Waals surface area contributed by atoms with Gasteiger partial charge in [0.25, 0.3) is 5.91 Å². The number of methoxy groups -OCH3 is 1. The lowest BCUT2D eigenvalue weighted by atomic mass is 10.2. The van der Waals surface area contributed by atoms with E-state index >= 15 is 0 Å². The van der Waals surface area contributed by atoms with Gasteiger partial charge in [0.15, 0.2) is 0 Å². The van der Waals surface area contributed by atoms with Crippen LogP contribution in [0.1, 0.15) is 17.3 Å². The lowest BCUT2D eigenvalue weighted by molar-refractivity contribution is 0.0707. The van der Waals surface area contributed by atoms with Crippen molar-refractivity contribution in [1.82, 2.24) is 15.5 Å². The van der Waals surface area contributed by atoms with Crippen LogP contribution >= 0.6 is 0 Å². The number of benzene rings is 1. The van der Waals surface area contributed by atoms with E-state index in [0.717, 1.165) is 0 Å². The minimum absolute atomic E-state index is 0.0541. The minimum atomic E-state index is -0.286.